The minimum Gasteiger partial charge on any atom is -0.468 e. The van der Waals surface area contributed by atoms with Crippen molar-refractivity contribution in [1.82, 2.24) is 0 Å². The van der Waals surface area contributed by atoms with E-state index in [1.54, 1.807) is 0 Å². The Hall–Kier alpha value is -1.83. The van der Waals surface area contributed by atoms with Crippen molar-refractivity contribution in [3.63, 3.8) is 0 Å². The van der Waals surface area contributed by atoms with E-state index < -0.39 is 0 Å². The van der Waals surface area contributed by atoms with Crippen LogP contribution in [0, 0.1) is 0 Å². The van der Waals surface area contributed by atoms with Gasteiger partial charge in [0.15, 0.2) is 0 Å². The Morgan fingerprint density at radius 2 is 1.87 bits per heavy atom. The van der Waals surface area contributed by atoms with Crippen LogP contribution in [0.5, 0.6) is 0 Å². The molecular formula is C13H12O2. The third kappa shape index (κ3) is 2.15. The van der Waals surface area contributed by atoms with Crippen LogP contribution in [0.4, 0.5) is 0 Å². The summed E-state index contributed by atoms with van der Waals surface area (Å²) in [6.45, 7) is 0.933. The van der Waals surface area contributed by atoms with Crippen molar-refractivity contribution < 1.29 is 9.53 Å². The van der Waals surface area contributed by atoms with Crippen molar-refractivity contribution in [3.8, 4) is 0 Å². The summed E-state index contributed by atoms with van der Waals surface area (Å²) in [5, 5.41) is 2.45. The van der Waals surface area contributed by atoms with E-state index >= 15 is 0 Å². The maximum atomic E-state index is 10.0. The van der Waals surface area contributed by atoms with Gasteiger partial charge in [-0.05, 0) is 16.3 Å². The lowest BCUT2D eigenvalue weighted by Crippen LogP contribution is -1.97. The van der Waals surface area contributed by atoms with Gasteiger partial charge in [-0.3, -0.25) is 4.79 Å². The summed E-state index contributed by atoms with van der Waals surface area (Å²) >= 11 is 0. The van der Waals surface area contributed by atoms with Crippen molar-refractivity contribution >= 4 is 17.2 Å². The molecule has 2 nitrogen and oxygen atoms in total. The van der Waals surface area contributed by atoms with E-state index in [0.717, 1.165) is 6.42 Å². The third-order valence-electron chi connectivity index (χ3n) is 2.44. The van der Waals surface area contributed by atoms with Gasteiger partial charge >= 0.3 is 0 Å². The minimum absolute atomic E-state index is 0.442. The predicted molar refractivity (Wildman–Crippen MR) is 59.7 cm³/mol. The van der Waals surface area contributed by atoms with E-state index in [1.165, 1.54) is 16.3 Å². The van der Waals surface area contributed by atoms with Crippen LogP contribution in [0.2, 0.25) is 0 Å². The summed E-state index contributed by atoms with van der Waals surface area (Å²) in [7, 11) is 0. The molecule has 0 heterocycles. The van der Waals surface area contributed by atoms with E-state index in [9.17, 15) is 4.79 Å². The lowest BCUT2D eigenvalue weighted by atomic mass is 10.0. The first kappa shape index (κ1) is 9.71. The van der Waals surface area contributed by atoms with Crippen LogP contribution in [0.3, 0.4) is 0 Å². The standard InChI is InChI=1S/C13H12O2/c14-10-15-9-8-12-6-3-5-11-4-1-2-7-13(11)12/h1-7,10H,8-9H2. The molecule has 0 saturated carbocycles. The number of hydrogen-bond acceptors (Lipinski definition) is 2. The second-order valence-corrected chi connectivity index (χ2v) is 3.36. The van der Waals surface area contributed by atoms with Crippen molar-refractivity contribution in [2.75, 3.05) is 6.61 Å². The maximum absolute atomic E-state index is 10.0. The van der Waals surface area contributed by atoms with Crippen LogP contribution < -0.4 is 0 Å². The third-order valence-corrected chi connectivity index (χ3v) is 2.44. The number of benzene rings is 2. The SMILES string of the molecule is O=COCCc1cccc2ccccc12. The van der Waals surface area contributed by atoms with E-state index in [1.807, 2.05) is 18.2 Å². The molecule has 0 aliphatic heterocycles. The Bertz CT molecular complexity index is 458. The zero-order valence-electron chi connectivity index (χ0n) is 8.35. The topological polar surface area (TPSA) is 26.3 Å². The van der Waals surface area contributed by atoms with Crippen molar-refractivity contribution in [3.05, 3.63) is 48.0 Å². The summed E-state index contributed by atoms with van der Waals surface area (Å²) in [6, 6.07) is 14.4. The van der Waals surface area contributed by atoms with Gasteiger partial charge in [-0.15, -0.1) is 0 Å². The summed E-state index contributed by atoms with van der Waals surface area (Å²) in [6.07, 6.45) is 0.764. The summed E-state index contributed by atoms with van der Waals surface area (Å²) in [5.74, 6) is 0. The van der Waals surface area contributed by atoms with Crippen LogP contribution >= 0.6 is 0 Å². The molecule has 2 aromatic rings. The number of carbonyl (C=O) groups excluding carboxylic acids is 1. The Morgan fingerprint density at radius 1 is 1.07 bits per heavy atom. The van der Waals surface area contributed by atoms with E-state index in [2.05, 4.69) is 24.3 Å². The van der Waals surface area contributed by atoms with E-state index in [0.29, 0.717) is 13.1 Å². The molecule has 0 aliphatic rings. The van der Waals surface area contributed by atoms with E-state index in [-0.39, 0.29) is 0 Å². The second kappa shape index (κ2) is 4.60. The van der Waals surface area contributed by atoms with Crippen LogP contribution in [0.25, 0.3) is 10.8 Å². The molecule has 0 unspecified atom stereocenters. The van der Waals surface area contributed by atoms with Crippen molar-refractivity contribution in [2.24, 2.45) is 0 Å². The highest BCUT2D eigenvalue weighted by molar-refractivity contribution is 5.85. The fraction of sp³-hybridized carbons (Fsp3) is 0.154. The molecule has 0 aromatic heterocycles. The van der Waals surface area contributed by atoms with Gasteiger partial charge in [0.2, 0.25) is 0 Å². The van der Waals surface area contributed by atoms with Crippen LogP contribution in [0.1, 0.15) is 5.56 Å². The molecule has 0 bridgehead atoms. The molecule has 0 spiro atoms. The molecule has 2 rings (SSSR count). The second-order valence-electron chi connectivity index (χ2n) is 3.36. The van der Waals surface area contributed by atoms with Gasteiger partial charge in [-0.2, -0.15) is 0 Å². The fourth-order valence-electron chi connectivity index (χ4n) is 1.73. The Kier molecular flexibility index (Phi) is 2.98. The Labute approximate surface area is 88.5 Å². The molecule has 15 heavy (non-hydrogen) atoms. The average Bonchev–Trinajstić information content (AvgIpc) is 2.30. The largest absolute Gasteiger partial charge is 0.468 e. The smallest absolute Gasteiger partial charge is 0.293 e. The molecule has 0 amide bonds. The van der Waals surface area contributed by atoms with Crippen molar-refractivity contribution in [1.29, 1.82) is 0 Å². The number of ether oxygens (including phenoxy) is 1. The Morgan fingerprint density at radius 3 is 2.73 bits per heavy atom. The molecule has 0 radical (unpaired) electrons. The maximum Gasteiger partial charge on any atom is 0.293 e. The number of carbonyl (C=O) groups is 1. The summed E-state index contributed by atoms with van der Waals surface area (Å²) in [4.78, 5) is 10.0. The lowest BCUT2D eigenvalue weighted by molar-refractivity contribution is -0.128. The minimum atomic E-state index is 0.442. The number of rotatable bonds is 4. The quantitative estimate of drug-likeness (QED) is 0.560. The van der Waals surface area contributed by atoms with Gasteiger partial charge in [0.25, 0.3) is 6.47 Å². The van der Waals surface area contributed by atoms with Gasteiger partial charge in [0, 0.05) is 6.42 Å². The lowest BCUT2D eigenvalue weighted by Gasteiger charge is -2.05. The zero-order valence-corrected chi connectivity index (χ0v) is 8.35. The highest BCUT2D eigenvalue weighted by Gasteiger charge is 1.99. The highest BCUT2D eigenvalue weighted by atomic mass is 16.5. The Balaban J connectivity index is 2.30. The van der Waals surface area contributed by atoms with Gasteiger partial charge in [0.05, 0.1) is 6.61 Å². The number of hydrogen-bond donors (Lipinski definition) is 0. The number of fused-ring (bicyclic) bond motifs is 1. The van der Waals surface area contributed by atoms with Gasteiger partial charge in [0.1, 0.15) is 0 Å². The summed E-state index contributed by atoms with van der Waals surface area (Å²) < 4.78 is 4.71. The van der Waals surface area contributed by atoms with Crippen LogP contribution in [-0.2, 0) is 16.0 Å². The molecule has 76 valence electrons. The molecular weight excluding hydrogens is 188 g/mol. The van der Waals surface area contributed by atoms with Crippen molar-refractivity contribution in [2.45, 2.75) is 6.42 Å². The molecule has 0 N–H and O–H groups in total. The highest BCUT2D eigenvalue weighted by Crippen LogP contribution is 2.18. The van der Waals surface area contributed by atoms with Crippen LogP contribution in [0.15, 0.2) is 42.5 Å². The predicted octanol–water partition coefficient (Wildman–Crippen LogP) is 2.56. The molecule has 0 aliphatic carbocycles. The first-order valence-corrected chi connectivity index (χ1v) is 4.94. The van der Waals surface area contributed by atoms with Gasteiger partial charge in [-0.1, -0.05) is 42.5 Å². The molecule has 2 aromatic carbocycles. The van der Waals surface area contributed by atoms with Gasteiger partial charge in [-0.25, -0.2) is 0 Å². The first-order chi connectivity index (χ1) is 7.42. The zero-order chi connectivity index (χ0) is 10.5. The van der Waals surface area contributed by atoms with Crippen LogP contribution in [-0.4, -0.2) is 13.1 Å². The molecule has 0 fully saturated rings. The molecule has 2 heteroatoms. The summed E-state index contributed by atoms with van der Waals surface area (Å²) in [5.41, 5.74) is 1.22. The first-order valence-electron chi connectivity index (χ1n) is 4.94. The fourth-order valence-corrected chi connectivity index (χ4v) is 1.73. The monoisotopic (exact) mass is 200 g/mol. The van der Waals surface area contributed by atoms with Gasteiger partial charge < -0.3 is 4.74 Å². The average molecular weight is 200 g/mol. The normalized spacial score (nSPS) is 10.1. The molecule has 0 saturated heterocycles. The molecule has 0 atom stereocenters. The van der Waals surface area contributed by atoms with E-state index in [4.69, 9.17) is 4.74 Å².